The molecule has 0 unspecified atom stereocenters. The van der Waals surface area contributed by atoms with E-state index in [9.17, 15) is 18.0 Å². The van der Waals surface area contributed by atoms with E-state index in [1.807, 2.05) is 4.90 Å². The molecular formula is C14H13F3N4OS. The zero-order valence-electron chi connectivity index (χ0n) is 12.0. The highest BCUT2D eigenvalue weighted by Gasteiger charge is 2.31. The fourth-order valence-corrected chi connectivity index (χ4v) is 2.94. The number of aromatic nitrogens is 2. The summed E-state index contributed by atoms with van der Waals surface area (Å²) in [7, 11) is 0. The number of alkyl halides is 3. The normalized spacial score (nSPS) is 15.8. The maximum atomic E-state index is 12.5. The molecule has 1 amide bonds. The van der Waals surface area contributed by atoms with E-state index in [1.54, 1.807) is 10.4 Å². The number of carbonyl (C=O) groups is 1. The Morgan fingerprint density at radius 1 is 1.13 bits per heavy atom. The third-order valence-corrected chi connectivity index (χ3v) is 4.37. The number of amides is 1. The first-order valence-corrected chi connectivity index (χ1v) is 7.79. The molecule has 1 fully saturated rings. The molecule has 5 nitrogen and oxygen atoms in total. The van der Waals surface area contributed by atoms with Gasteiger partial charge < -0.3 is 9.80 Å². The quantitative estimate of drug-likeness (QED) is 0.841. The van der Waals surface area contributed by atoms with Crippen molar-refractivity contribution in [2.45, 2.75) is 6.18 Å². The molecule has 122 valence electrons. The van der Waals surface area contributed by atoms with Crippen molar-refractivity contribution >= 4 is 23.1 Å². The van der Waals surface area contributed by atoms with Crippen molar-refractivity contribution in [2.24, 2.45) is 0 Å². The molecule has 0 aliphatic carbocycles. The van der Waals surface area contributed by atoms with Gasteiger partial charge in [0.1, 0.15) is 10.7 Å². The predicted octanol–water partition coefficient (Wildman–Crippen LogP) is 2.52. The Morgan fingerprint density at radius 3 is 2.39 bits per heavy atom. The van der Waals surface area contributed by atoms with E-state index in [0.717, 1.165) is 12.3 Å². The number of pyridine rings is 1. The van der Waals surface area contributed by atoms with E-state index in [-0.39, 0.29) is 5.91 Å². The molecule has 1 aliphatic heterocycles. The van der Waals surface area contributed by atoms with Gasteiger partial charge in [-0.15, -0.1) is 11.3 Å². The van der Waals surface area contributed by atoms with Gasteiger partial charge in [0.2, 0.25) is 0 Å². The zero-order valence-corrected chi connectivity index (χ0v) is 12.8. The maximum absolute atomic E-state index is 12.5. The van der Waals surface area contributed by atoms with Gasteiger partial charge in [0.15, 0.2) is 0 Å². The SMILES string of the molecule is O=C(c1cncs1)N1CCN(c2ccc(C(F)(F)F)cn2)CC1. The Morgan fingerprint density at radius 2 is 1.87 bits per heavy atom. The minimum atomic E-state index is -4.38. The Kier molecular flexibility index (Phi) is 4.20. The summed E-state index contributed by atoms with van der Waals surface area (Å²) in [5.74, 6) is 0.426. The smallest absolute Gasteiger partial charge is 0.353 e. The number of anilines is 1. The van der Waals surface area contributed by atoms with Crippen molar-refractivity contribution in [1.29, 1.82) is 0 Å². The lowest BCUT2D eigenvalue weighted by Gasteiger charge is -2.35. The first-order valence-electron chi connectivity index (χ1n) is 6.91. The molecule has 3 heterocycles. The number of carbonyl (C=O) groups excluding carboxylic acids is 1. The predicted molar refractivity (Wildman–Crippen MR) is 79.5 cm³/mol. The number of hydrogen-bond acceptors (Lipinski definition) is 5. The number of rotatable bonds is 2. The maximum Gasteiger partial charge on any atom is 0.417 e. The summed E-state index contributed by atoms with van der Waals surface area (Å²) in [5, 5.41) is 0. The Bertz CT molecular complexity index is 664. The van der Waals surface area contributed by atoms with Crippen molar-refractivity contribution < 1.29 is 18.0 Å². The first-order chi connectivity index (χ1) is 10.9. The monoisotopic (exact) mass is 342 g/mol. The van der Waals surface area contributed by atoms with Crippen molar-refractivity contribution in [3.8, 4) is 0 Å². The highest BCUT2D eigenvalue weighted by Crippen LogP contribution is 2.29. The Labute approximate surface area is 134 Å². The van der Waals surface area contributed by atoms with Gasteiger partial charge in [0.05, 0.1) is 17.3 Å². The minimum Gasteiger partial charge on any atom is -0.353 e. The van der Waals surface area contributed by atoms with Crippen molar-refractivity contribution in [1.82, 2.24) is 14.9 Å². The van der Waals surface area contributed by atoms with E-state index >= 15 is 0 Å². The van der Waals surface area contributed by atoms with Gasteiger partial charge in [0, 0.05) is 32.4 Å². The second kappa shape index (κ2) is 6.15. The lowest BCUT2D eigenvalue weighted by atomic mass is 10.2. The number of piperazine rings is 1. The molecule has 0 aromatic carbocycles. The molecule has 23 heavy (non-hydrogen) atoms. The van der Waals surface area contributed by atoms with Crippen LogP contribution in [0.1, 0.15) is 15.2 Å². The van der Waals surface area contributed by atoms with E-state index in [1.165, 1.54) is 23.6 Å². The molecule has 9 heteroatoms. The lowest BCUT2D eigenvalue weighted by Crippen LogP contribution is -2.48. The van der Waals surface area contributed by atoms with Crippen LogP contribution in [-0.4, -0.2) is 47.0 Å². The molecule has 1 aliphatic rings. The largest absolute Gasteiger partial charge is 0.417 e. The van der Waals surface area contributed by atoms with Crippen LogP contribution in [-0.2, 0) is 6.18 Å². The van der Waals surface area contributed by atoms with Crippen LogP contribution in [0.5, 0.6) is 0 Å². The first kappa shape index (κ1) is 15.7. The van der Waals surface area contributed by atoms with Gasteiger partial charge in [-0.05, 0) is 12.1 Å². The fraction of sp³-hybridized carbons (Fsp3) is 0.357. The van der Waals surface area contributed by atoms with Crippen molar-refractivity contribution in [3.05, 3.63) is 40.5 Å². The summed E-state index contributed by atoms with van der Waals surface area (Å²) >= 11 is 1.29. The van der Waals surface area contributed by atoms with Crippen LogP contribution in [0.15, 0.2) is 30.0 Å². The number of hydrogen-bond donors (Lipinski definition) is 0. The molecular weight excluding hydrogens is 329 g/mol. The average molecular weight is 342 g/mol. The van der Waals surface area contributed by atoms with E-state index in [4.69, 9.17) is 0 Å². The molecule has 0 N–H and O–H groups in total. The van der Waals surface area contributed by atoms with Crippen molar-refractivity contribution in [2.75, 3.05) is 31.1 Å². The summed E-state index contributed by atoms with van der Waals surface area (Å²) in [4.78, 5) is 24.1. The fourth-order valence-electron chi connectivity index (χ4n) is 2.36. The van der Waals surface area contributed by atoms with Gasteiger partial charge in [0.25, 0.3) is 5.91 Å². The molecule has 0 saturated carbocycles. The summed E-state index contributed by atoms with van der Waals surface area (Å²) in [6, 6.07) is 2.39. The number of halogens is 3. The third-order valence-electron chi connectivity index (χ3n) is 3.61. The molecule has 3 rings (SSSR count). The summed E-state index contributed by atoms with van der Waals surface area (Å²) in [6.07, 6.45) is -2.01. The summed E-state index contributed by atoms with van der Waals surface area (Å²) in [5.41, 5.74) is 0.843. The van der Waals surface area contributed by atoms with Gasteiger partial charge in [-0.3, -0.25) is 9.78 Å². The highest BCUT2D eigenvalue weighted by molar-refractivity contribution is 7.11. The molecule has 0 spiro atoms. The lowest BCUT2D eigenvalue weighted by molar-refractivity contribution is -0.137. The van der Waals surface area contributed by atoms with E-state index < -0.39 is 11.7 Å². The van der Waals surface area contributed by atoms with Crippen LogP contribution in [0.3, 0.4) is 0 Å². The van der Waals surface area contributed by atoms with Crippen LogP contribution in [0.2, 0.25) is 0 Å². The van der Waals surface area contributed by atoms with E-state index in [2.05, 4.69) is 9.97 Å². The van der Waals surface area contributed by atoms with Crippen LogP contribution in [0.4, 0.5) is 19.0 Å². The second-order valence-corrected chi connectivity index (χ2v) is 5.93. The molecule has 2 aromatic rings. The topological polar surface area (TPSA) is 49.3 Å². The number of nitrogens with zero attached hydrogens (tertiary/aromatic N) is 4. The van der Waals surface area contributed by atoms with E-state index in [0.29, 0.717) is 36.9 Å². The van der Waals surface area contributed by atoms with Gasteiger partial charge >= 0.3 is 6.18 Å². The van der Waals surface area contributed by atoms with Crippen LogP contribution in [0, 0.1) is 0 Å². The summed E-state index contributed by atoms with van der Waals surface area (Å²) < 4.78 is 37.6. The van der Waals surface area contributed by atoms with Crippen LogP contribution in [0.25, 0.3) is 0 Å². The Balaban J connectivity index is 1.62. The standard InChI is InChI=1S/C14H13F3N4OS/c15-14(16,17)10-1-2-12(19-7-10)20-3-5-21(6-4-20)13(22)11-8-18-9-23-11/h1-2,7-9H,3-6H2. The zero-order chi connectivity index (χ0) is 16.4. The molecule has 0 atom stereocenters. The van der Waals surface area contributed by atoms with Crippen LogP contribution < -0.4 is 4.90 Å². The second-order valence-electron chi connectivity index (χ2n) is 5.05. The number of thiazole rings is 1. The highest BCUT2D eigenvalue weighted by atomic mass is 32.1. The van der Waals surface area contributed by atoms with Crippen molar-refractivity contribution in [3.63, 3.8) is 0 Å². The third kappa shape index (κ3) is 3.44. The molecule has 1 saturated heterocycles. The van der Waals surface area contributed by atoms with Gasteiger partial charge in [-0.1, -0.05) is 0 Å². The molecule has 2 aromatic heterocycles. The van der Waals surface area contributed by atoms with Gasteiger partial charge in [-0.2, -0.15) is 13.2 Å². The van der Waals surface area contributed by atoms with Gasteiger partial charge in [-0.25, -0.2) is 4.98 Å². The van der Waals surface area contributed by atoms with Crippen LogP contribution >= 0.6 is 11.3 Å². The summed E-state index contributed by atoms with van der Waals surface area (Å²) in [6.45, 7) is 2.06. The average Bonchev–Trinajstić information content (AvgIpc) is 3.08. The molecule has 0 radical (unpaired) electrons. The molecule has 0 bridgehead atoms. The Hall–Kier alpha value is -2.16. The minimum absolute atomic E-state index is 0.0625.